The van der Waals surface area contributed by atoms with Crippen LogP contribution in [0.3, 0.4) is 0 Å². The van der Waals surface area contributed by atoms with E-state index < -0.39 is 21.8 Å². The van der Waals surface area contributed by atoms with Gasteiger partial charge in [-0.15, -0.1) is 0 Å². The number of aromatic nitrogens is 3. The van der Waals surface area contributed by atoms with E-state index in [0.29, 0.717) is 5.92 Å². The molecule has 3 aromatic rings. The van der Waals surface area contributed by atoms with Gasteiger partial charge >= 0.3 is 6.18 Å². The van der Waals surface area contributed by atoms with Crippen LogP contribution in [0.4, 0.5) is 18.9 Å². The fourth-order valence-electron chi connectivity index (χ4n) is 3.89. The second-order valence-corrected chi connectivity index (χ2v) is 9.26. The summed E-state index contributed by atoms with van der Waals surface area (Å²) in [6.07, 6.45) is 3.56. The molecule has 0 spiro atoms. The summed E-state index contributed by atoms with van der Waals surface area (Å²) in [5.74, 6) is 0.417. The first kappa shape index (κ1) is 21.4. The van der Waals surface area contributed by atoms with E-state index in [1.165, 1.54) is 35.9 Å². The molecule has 1 aliphatic carbocycles. The number of hydrogen-bond acceptors (Lipinski definition) is 4. The van der Waals surface area contributed by atoms with Gasteiger partial charge in [0.05, 0.1) is 21.8 Å². The molecule has 31 heavy (non-hydrogen) atoms. The van der Waals surface area contributed by atoms with Gasteiger partial charge in [0.1, 0.15) is 12.7 Å². The average Bonchev–Trinajstić information content (AvgIpc) is 3.28. The molecule has 0 atom stereocenters. The van der Waals surface area contributed by atoms with E-state index in [0.717, 1.165) is 49.4 Å². The summed E-state index contributed by atoms with van der Waals surface area (Å²) >= 11 is 0. The third-order valence-corrected chi connectivity index (χ3v) is 6.88. The molecule has 0 radical (unpaired) electrons. The number of halogens is 3. The van der Waals surface area contributed by atoms with Crippen LogP contribution in [0.1, 0.15) is 49.1 Å². The molecule has 1 heterocycles. The van der Waals surface area contributed by atoms with E-state index in [1.807, 2.05) is 0 Å². The predicted molar refractivity (Wildman–Crippen MR) is 109 cm³/mol. The summed E-state index contributed by atoms with van der Waals surface area (Å²) in [5.41, 5.74) is 0.00678. The fraction of sp³-hybridized carbons (Fsp3) is 0.333. The first-order valence-corrected chi connectivity index (χ1v) is 11.4. The number of sulfonamides is 1. The third-order valence-electron chi connectivity index (χ3n) is 5.50. The monoisotopic (exact) mass is 450 g/mol. The molecule has 1 fully saturated rings. The Kier molecular flexibility index (Phi) is 5.74. The third kappa shape index (κ3) is 4.73. The SMILES string of the molecule is O=S(=O)(Nc1cc(C(F)(F)F)ccc1-n1cncn1)c1ccc(C2CCCCC2)cc1. The second kappa shape index (κ2) is 8.33. The van der Waals surface area contributed by atoms with Crippen molar-refractivity contribution in [2.24, 2.45) is 0 Å². The van der Waals surface area contributed by atoms with Gasteiger partial charge in [0.25, 0.3) is 10.0 Å². The van der Waals surface area contributed by atoms with Gasteiger partial charge in [0.2, 0.25) is 0 Å². The van der Waals surface area contributed by atoms with Gasteiger partial charge in [-0.25, -0.2) is 18.1 Å². The number of rotatable bonds is 5. The molecule has 10 heteroatoms. The molecule has 0 saturated heterocycles. The molecular weight excluding hydrogens is 429 g/mol. The highest BCUT2D eigenvalue weighted by molar-refractivity contribution is 7.92. The molecular formula is C21H21F3N4O2S. The fourth-order valence-corrected chi connectivity index (χ4v) is 4.95. The van der Waals surface area contributed by atoms with Crippen LogP contribution >= 0.6 is 0 Å². The standard InChI is InChI=1S/C21H21F3N4O2S/c22-21(23,24)17-8-11-20(28-14-25-13-26-28)19(12-17)27-31(29,30)18-9-6-16(7-10-18)15-4-2-1-3-5-15/h6-15,27H,1-5H2. The Bertz CT molecular complexity index is 1140. The van der Waals surface area contributed by atoms with Gasteiger partial charge in [0, 0.05) is 0 Å². The summed E-state index contributed by atoms with van der Waals surface area (Å²) in [5, 5.41) is 3.89. The van der Waals surface area contributed by atoms with Gasteiger partial charge in [0.15, 0.2) is 0 Å². The quantitative estimate of drug-likeness (QED) is 0.584. The van der Waals surface area contributed by atoms with Crippen LogP contribution in [0.25, 0.3) is 5.69 Å². The Labute approximate surface area is 178 Å². The van der Waals surface area contributed by atoms with E-state index in [4.69, 9.17) is 0 Å². The van der Waals surface area contributed by atoms with Crippen molar-refractivity contribution in [3.05, 3.63) is 66.2 Å². The molecule has 164 valence electrons. The Balaban J connectivity index is 1.65. The number of nitrogens with zero attached hydrogens (tertiary/aromatic N) is 3. The average molecular weight is 450 g/mol. The summed E-state index contributed by atoms with van der Waals surface area (Å²) in [6.45, 7) is 0. The Morgan fingerprint density at radius 2 is 1.71 bits per heavy atom. The molecule has 0 bridgehead atoms. The van der Waals surface area contributed by atoms with E-state index in [1.54, 1.807) is 12.1 Å². The molecule has 0 amide bonds. The van der Waals surface area contributed by atoms with Gasteiger partial charge in [-0.1, -0.05) is 31.4 Å². The van der Waals surface area contributed by atoms with Crippen LogP contribution in [0.5, 0.6) is 0 Å². The van der Waals surface area contributed by atoms with Crippen LogP contribution in [0, 0.1) is 0 Å². The van der Waals surface area contributed by atoms with E-state index in [-0.39, 0.29) is 16.3 Å². The highest BCUT2D eigenvalue weighted by Gasteiger charge is 2.32. The van der Waals surface area contributed by atoms with E-state index >= 15 is 0 Å². The summed E-state index contributed by atoms with van der Waals surface area (Å²) in [6, 6.07) is 9.34. The number of nitrogens with one attached hydrogen (secondary N) is 1. The van der Waals surface area contributed by atoms with Crippen LogP contribution < -0.4 is 4.72 Å². The zero-order chi connectivity index (χ0) is 22.1. The van der Waals surface area contributed by atoms with Crippen molar-refractivity contribution in [3.8, 4) is 5.69 Å². The minimum atomic E-state index is -4.62. The topological polar surface area (TPSA) is 76.9 Å². The maximum atomic E-state index is 13.2. The minimum Gasteiger partial charge on any atom is -0.277 e. The van der Waals surface area contributed by atoms with Crippen molar-refractivity contribution in [1.29, 1.82) is 0 Å². The molecule has 1 aliphatic rings. The van der Waals surface area contributed by atoms with Crippen molar-refractivity contribution in [2.45, 2.75) is 49.1 Å². The zero-order valence-corrected chi connectivity index (χ0v) is 17.3. The van der Waals surface area contributed by atoms with Gasteiger partial charge in [-0.2, -0.15) is 18.3 Å². The lowest BCUT2D eigenvalue weighted by molar-refractivity contribution is -0.137. The Morgan fingerprint density at radius 3 is 2.32 bits per heavy atom. The molecule has 6 nitrogen and oxygen atoms in total. The van der Waals surface area contributed by atoms with Crippen molar-refractivity contribution in [3.63, 3.8) is 0 Å². The highest BCUT2D eigenvalue weighted by Crippen LogP contribution is 2.35. The Morgan fingerprint density at radius 1 is 1.00 bits per heavy atom. The van der Waals surface area contributed by atoms with Crippen LogP contribution in [0.2, 0.25) is 0 Å². The van der Waals surface area contributed by atoms with Gasteiger partial charge < -0.3 is 0 Å². The van der Waals surface area contributed by atoms with Crippen molar-refractivity contribution in [1.82, 2.24) is 14.8 Å². The zero-order valence-electron chi connectivity index (χ0n) is 16.5. The molecule has 0 unspecified atom stereocenters. The van der Waals surface area contributed by atoms with Crippen molar-refractivity contribution in [2.75, 3.05) is 4.72 Å². The minimum absolute atomic E-state index is 0.0194. The second-order valence-electron chi connectivity index (χ2n) is 7.58. The lowest BCUT2D eigenvalue weighted by Gasteiger charge is -2.22. The summed E-state index contributed by atoms with van der Waals surface area (Å²) in [4.78, 5) is 3.75. The number of benzene rings is 2. The molecule has 1 N–H and O–H groups in total. The van der Waals surface area contributed by atoms with Crippen LogP contribution in [-0.4, -0.2) is 23.2 Å². The molecule has 1 aromatic heterocycles. The van der Waals surface area contributed by atoms with E-state index in [9.17, 15) is 21.6 Å². The maximum absolute atomic E-state index is 13.2. The smallest absolute Gasteiger partial charge is 0.277 e. The number of hydrogen-bond donors (Lipinski definition) is 1. The van der Waals surface area contributed by atoms with Crippen LogP contribution in [-0.2, 0) is 16.2 Å². The number of alkyl halides is 3. The number of anilines is 1. The molecule has 0 aliphatic heterocycles. The normalized spacial score (nSPS) is 15.7. The van der Waals surface area contributed by atoms with Crippen molar-refractivity contribution >= 4 is 15.7 Å². The van der Waals surface area contributed by atoms with E-state index in [2.05, 4.69) is 14.8 Å². The summed E-state index contributed by atoms with van der Waals surface area (Å²) < 4.78 is 69.0. The lowest BCUT2D eigenvalue weighted by Crippen LogP contribution is -2.16. The first-order valence-electron chi connectivity index (χ1n) is 9.93. The lowest BCUT2D eigenvalue weighted by atomic mass is 9.84. The Hall–Kier alpha value is -2.88. The largest absolute Gasteiger partial charge is 0.416 e. The first-order chi connectivity index (χ1) is 14.7. The van der Waals surface area contributed by atoms with Crippen molar-refractivity contribution < 1.29 is 21.6 Å². The highest BCUT2D eigenvalue weighted by atomic mass is 32.2. The predicted octanol–water partition coefficient (Wildman–Crippen LogP) is 5.13. The van der Waals surface area contributed by atoms with Crippen LogP contribution in [0.15, 0.2) is 60.0 Å². The maximum Gasteiger partial charge on any atom is 0.416 e. The summed E-state index contributed by atoms with van der Waals surface area (Å²) in [7, 11) is -4.12. The van der Waals surface area contributed by atoms with Gasteiger partial charge in [-0.05, 0) is 54.7 Å². The molecule has 1 saturated carbocycles. The molecule has 2 aromatic carbocycles. The van der Waals surface area contributed by atoms with Gasteiger partial charge in [-0.3, -0.25) is 4.72 Å². The molecule has 4 rings (SSSR count).